The molecule has 2 amide bonds. The van der Waals surface area contributed by atoms with Crippen molar-refractivity contribution in [3.63, 3.8) is 0 Å². The lowest BCUT2D eigenvalue weighted by molar-refractivity contribution is -0.117. The first-order valence-corrected chi connectivity index (χ1v) is 8.94. The van der Waals surface area contributed by atoms with Crippen LogP contribution in [0.25, 0.3) is 0 Å². The molecule has 1 heterocycles. The molecule has 0 aromatic heterocycles. The van der Waals surface area contributed by atoms with E-state index in [1.54, 1.807) is 17.0 Å². The van der Waals surface area contributed by atoms with E-state index in [4.69, 9.17) is 4.74 Å². The number of amides is 2. The zero-order valence-corrected chi connectivity index (χ0v) is 15.2. The van der Waals surface area contributed by atoms with Gasteiger partial charge < -0.3 is 15.0 Å². The summed E-state index contributed by atoms with van der Waals surface area (Å²) >= 11 is 0. The van der Waals surface area contributed by atoms with Gasteiger partial charge in [-0.05, 0) is 50.6 Å². The first kappa shape index (κ1) is 18.0. The smallest absolute Gasteiger partial charge is 0.251 e. The summed E-state index contributed by atoms with van der Waals surface area (Å²) in [6.45, 7) is 5.03. The molecule has 1 atom stereocenters. The summed E-state index contributed by atoms with van der Waals surface area (Å²) in [4.78, 5) is 26.1. The molecule has 1 aliphatic rings. The molecular weight excluding hydrogens is 328 g/mol. The molecule has 1 N–H and O–H groups in total. The Morgan fingerprint density at radius 1 is 1.23 bits per heavy atom. The van der Waals surface area contributed by atoms with Crippen LogP contribution in [0.15, 0.2) is 48.5 Å². The van der Waals surface area contributed by atoms with E-state index in [1.165, 1.54) is 5.56 Å². The first-order valence-electron chi connectivity index (χ1n) is 8.94. The summed E-state index contributed by atoms with van der Waals surface area (Å²) in [6, 6.07) is 14.9. The maximum atomic E-state index is 12.5. The van der Waals surface area contributed by atoms with Crippen molar-refractivity contribution in [2.45, 2.75) is 32.7 Å². The number of nitrogens with zero attached hydrogens (tertiary/aromatic N) is 1. The molecule has 0 saturated carbocycles. The van der Waals surface area contributed by atoms with Crippen LogP contribution in [0, 0.1) is 6.92 Å². The van der Waals surface area contributed by atoms with Crippen LogP contribution < -0.4 is 15.0 Å². The second-order valence-corrected chi connectivity index (χ2v) is 6.70. The molecule has 0 spiro atoms. The Morgan fingerprint density at radius 3 is 2.69 bits per heavy atom. The highest BCUT2D eigenvalue weighted by Gasteiger charge is 2.22. The van der Waals surface area contributed by atoms with Gasteiger partial charge in [-0.2, -0.15) is 0 Å². The van der Waals surface area contributed by atoms with Crippen LogP contribution in [0.5, 0.6) is 5.75 Å². The van der Waals surface area contributed by atoms with Crippen LogP contribution in [0.1, 0.15) is 35.7 Å². The van der Waals surface area contributed by atoms with Gasteiger partial charge in [-0.25, -0.2) is 0 Å². The minimum atomic E-state index is -0.168. The van der Waals surface area contributed by atoms with Crippen molar-refractivity contribution in [3.05, 3.63) is 59.7 Å². The molecule has 3 rings (SSSR count). The van der Waals surface area contributed by atoms with Gasteiger partial charge in [-0.15, -0.1) is 0 Å². The van der Waals surface area contributed by atoms with E-state index >= 15 is 0 Å². The normalized spacial score (nSPS) is 15.0. The largest absolute Gasteiger partial charge is 0.491 e. The number of ether oxygens (including phenoxy) is 1. The van der Waals surface area contributed by atoms with Crippen LogP contribution in [-0.2, 0) is 4.79 Å². The molecule has 5 nitrogen and oxygen atoms in total. The quantitative estimate of drug-likeness (QED) is 0.868. The van der Waals surface area contributed by atoms with Gasteiger partial charge >= 0.3 is 0 Å². The van der Waals surface area contributed by atoms with Crippen LogP contribution >= 0.6 is 0 Å². The van der Waals surface area contributed by atoms with Crippen molar-refractivity contribution in [1.82, 2.24) is 5.32 Å². The summed E-state index contributed by atoms with van der Waals surface area (Å²) < 4.78 is 5.71. The molecule has 26 heavy (non-hydrogen) atoms. The molecule has 1 aliphatic heterocycles. The number of carbonyl (C=O) groups excluding carboxylic acids is 2. The number of carbonyl (C=O) groups is 2. The van der Waals surface area contributed by atoms with Crippen molar-refractivity contribution in [2.75, 3.05) is 18.1 Å². The Kier molecular flexibility index (Phi) is 5.56. The molecule has 2 aromatic carbocycles. The predicted molar refractivity (Wildman–Crippen MR) is 102 cm³/mol. The highest BCUT2D eigenvalue weighted by atomic mass is 16.5. The zero-order chi connectivity index (χ0) is 18.5. The number of aryl methyl sites for hydroxylation is 1. The second-order valence-electron chi connectivity index (χ2n) is 6.70. The van der Waals surface area contributed by atoms with Gasteiger partial charge in [-0.3, -0.25) is 9.59 Å². The van der Waals surface area contributed by atoms with Crippen LogP contribution in [0.4, 0.5) is 5.69 Å². The average molecular weight is 352 g/mol. The van der Waals surface area contributed by atoms with E-state index in [0.29, 0.717) is 25.1 Å². The van der Waals surface area contributed by atoms with Gasteiger partial charge in [-0.1, -0.05) is 23.8 Å². The fourth-order valence-electron chi connectivity index (χ4n) is 2.94. The fraction of sp³-hybridized carbons (Fsp3) is 0.333. The molecule has 1 saturated heterocycles. The molecule has 5 heteroatoms. The Labute approximate surface area is 154 Å². The number of benzene rings is 2. The van der Waals surface area contributed by atoms with E-state index < -0.39 is 0 Å². The highest BCUT2D eigenvalue weighted by molar-refractivity contribution is 5.99. The lowest BCUT2D eigenvalue weighted by Crippen LogP contribution is -2.36. The van der Waals surface area contributed by atoms with Crippen LogP contribution in [0.2, 0.25) is 0 Å². The Bertz CT molecular complexity index is 786. The predicted octanol–water partition coefficient (Wildman–Crippen LogP) is 3.32. The molecule has 0 aliphatic carbocycles. The van der Waals surface area contributed by atoms with E-state index in [-0.39, 0.29) is 17.9 Å². The zero-order valence-electron chi connectivity index (χ0n) is 15.2. The molecule has 136 valence electrons. The van der Waals surface area contributed by atoms with E-state index in [1.807, 2.05) is 50.2 Å². The third kappa shape index (κ3) is 4.42. The van der Waals surface area contributed by atoms with Crippen molar-refractivity contribution in [1.29, 1.82) is 0 Å². The van der Waals surface area contributed by atoms with Gasteiger partial charge in [0.05, 0.1) is 6.04 Å². The molecule has 1 unspecified atom stereocenters. The Morgan fingerprint density at radius 2 is 2.00 bits per heavy atom. The summed E-state index contributed by atoms with van der Waals surface area (Å²) in [5.74, 6) is 0.729. The highest BCUT2D eigenvalue weighted by Crippen LogP contribution is 2.22. The average Bonchev–Trinajstić information content (AvgIpc) is 3.07. The molecular formula is C21H24N2O3. The number of anilines is 1. The maximum absolute atomic E-state index is 12.5. The minimum absolute atomic E-state index is 0.113. The van der Waals surface area contributed by atoms with Gasteiger partial charge in [0.25, 0.3) is 5.91 Å². The van der Waals surface area contributed by atoms with Crippen LogP contribution in [-0.4, -0.2) is 31.0 Å². The van der Waals surface area contributed by atoms with Crippen molar-refractivity contribution >= 4 is 17.5 Å². The minimum Gasteiger partial charge on any atom is -0.491 e. The van der Waals surface area contributed by atoms with Crippen LogP contribution in [0.3, 0.4) is 0 Å². The summed E-state index contributed by atoms with van der Waals surface area (Å²) in [5.41, 5.74) is 2.50. The van der Waals surface area contributed by atoms with E-state index in [2.05, 4.69) is 5.32 Å². The number of nitrogens with one attached hydrogen (secondary N) is 1. The summed E-state index contributed by atoms with van der Waals surface area (Å²) in [5, 5.41) is 2.94. The Hall–Kier alpha value is -2.82. The van der Waals surface area contributed by atoms with Crippen molar-refractivity contribution < 1.29 is 14.3 Å². The van der Waals surface area contributed by atoms with Gasteiger partial charge in [0, 0.05) is 24.2 Å². The standard InChI is InChI=1S/C21H24N2O3/c1-15-8-10-19(11-9-15)26-14-16(2)22-21(25)17-5-3-6-18(13-17)23-12-4-7-20(23)24/h3,5-6,8-11,13,16H,4,7,12,14H2,1-2H3,(H,22,25). The molecule has 1 fully saturated rings. The monoisotopic (exact) mass is 352 g/mol. The van der Waals surface area contributed by atoms with E-state index in [0.717, 1.165) is 17.9 Å². The summed E-state index contributed by atoms with van der Waals surface area (Å²) in [6.07, 6.45) is 1.44. The topological polar surface area (TPSA) is 58.6 Å². The number of hydrogen-bond acceptors (Lipinski definition) is 3. The SMILES string of the molecule is Cc1ccc(OCC(C)NC(=O)c2cccc(N3CCCC3=O)c2)cc1. The number of hydrogen-bond donors (Lipinski definition) is 1. The van der Waals surface area contributed by atoms with E-state index in [9.17, 15) is 9.59 Å². The molecule has 2 aromatic rings. The fourth-order valence-corrected chi connectivity index (χ4v) is 2.94. The molecule has 0 bridgehead atoms. The third-order valence-electron chi connectivity index (χ3n) is 4.39. The lowest BCUT2D eigenvalue weighted by atomic mass is 10.1. The van der Waals surface area contributed by atoms with Crippen molar-refractivity contribution in [2.24, 2.45) is 0 Å². The van der Waals surface area contributed by atoms with Gasteiger partial charge in [0.2, 0.25) is 5.91 Å². The van der Waals surface area contributed by atoms with Gasteiger partial charge in [0.15, 0.2) is 0 Å². The lowest BCUT2D eigenvalue weighted by Gasteiger charge is -2.18. The third-order valence-corrected chi connectivity index (χ3v) is 4.39. The molecule has 0 radical (unpaired) electrons. The van der Waals surface area contributed by atoms with Crippen molar-refractivity contribution in [3.8, 4) is 5.75 Å². The van der Waals surface area contributed by atoms with Gasteiger partial charge in [0.1, 0.15) is 12.4 Å². The second kappa shape index (κ2) is 8.04. The first-order chi connectivity index (χ1) is 12.5. The number of rotatable bonds is 6. The Balaban J connectivity index is 1.57. The maximum Gasteiger partial charge on any atom is 0.251 e. The summed E-state index contributed by atoms with van der Waals surface area (Å²) in [7, 11) is 0.